The van der Waals surface area contributed by atoms with E-state index in [0.717, 1.165) is 11.6 Å². The molecule has 5 nitrogen and oxygen atoms in total. The molecule has 80 valence electrons. The second kappa shape index (κ2) is 5.98. The lowest BCUT2D eigenvalue weighted by atomic mass is 10.4. The number of aromatic nitrogens is 4. The fourth-order valence-electron chi connectivity index (χ4n) is 0.957. The molecule has 1 unspecified atom stereocenters. The van der Waals surface area contributed by atoms with E-state index in [1.807, 2.05) is 11.8 Å². The van der Waals surface area contributed by atoms with Crippen LogP contribution in [-0.2, 0) is 12.3 Å². The van der Waals surface area contributed by atoms with Crippen molar-refractivity contribution in [2.75, 3.05) is 6.54 Å². The number of nitrogens with zero attached hydrogens (tertiary/aromatic N) is 4. The van der Waals surface area contributed by atoms with Crippen molar-refractivity contribution in [3.63, 3.8) is 0 Å². The predicted octanol–water partition coefficient (Wildman–Crippen LogP) is 0.663. The Morgan fingerprint density at radius 3 is 3.00 bits per heavy atom. The van der Waals surface area contributed by atoms with E-state index < -0.39 is 0 Å². The molecule has 14 heavy (non-hydrogen) atoms. The van der Waals surface area contributed by atoms with Gasteiger partial charge in [0.15, 0.2) is 5.82 Å². The first-order valence-corrected chi connectivity index (χ1v) is 5.89. The molecule has 0 aliphatic heterocycles. The minimum Gasteiger partial charge on any atom is -0.329 e. The van der Waals surface area contributed by atoms with Gasteiger partial charge in [0.25, 0.3) is 0 Å². The van der Waals surface area contributed by atoms with Crippen molar-refractivity contribution in [1.29, 1.82) is 0 Å². The van der Waals surface area contributed by atoms with Crippen LogP contribution in [0.5, 0.6) is 0 Å². The van der Waals surface area contributed by atoms with Gasteiger partial charge in [-0.15, -0.1) is 5.10 Å². The van der Waals surface area contributed by atoms with Gasteiger partial charge in [0.2, 0.25) is 0 Å². The zero-order valence-corrected chi connectivity index (χ0v) is 9.50. The third-order valence-corrected chi connectivity index (χ3v) is 3.35. The molecule has 0 aromatic carbocycles. The summed E-state index contributed by atoms with van der Waals surface area (Å²) in [6.07, 6.45) is 1.17. The van der Waals surface area contributed by atoms with Gasteiger partial charge in [-0.1, -0.05) is 13.8 Å². The number of rotatable bonds is 6. The van der Waals surface area contributed by atoms with Crippen LogP contribution < -0.4 is 5.73 Å². The first kappa shape index (κ1) is 11.5. The van der Waals surface area contributed by atoms with E-state index in [4.69, 9.17) is 5.73 Å². The highest BCUT2D eigenvalue weighted by molar-refractivity contribution is 7.99. The van der Waals surface area contributed by atoms with Crippen LogP contribution >= 0.6 is 11.8 Å². The summed E-state index contributed by atoms with van der Waals surface area (Å²) >= 11 is 1.87. The molecule has 1 heterocycles. The summed E-state index contributed by atoms with van der Waals surface area (Å²) in [5.74, 6) is 1.78. The van der Waals surface area contributed by atoms with Crippen LogP contribution in [-0.4, -0.2) is 32.0 Å². The molecule has 1 aromatic heterocycles. The van der Waals surface area contributed by atoms with E-state index in [0.29, 0.717) is 18.3 Å². The molecule has 0 bridgehead atoms. The SMILES string of the molecule is CCC(C)SCc1nnnn1CCN. The number of tetrazole rings is 1. The smallest absolute Gasteiger partial charge is 0.161 e. The van der Waals surface area contributed by atoms with Gasteiger partial charge < -0.3 is 5.73 Å². The Labute approximate surface area is 88.4 Å². The van der Waals surface area contributed by atoms with E-state index in [9.17, 15) is 0 Å². The van der Waals surface area contributed by atoms with E-state index >= 15 is 0 Å². The first-order valence-electron chi connectivity index (χ1n) is 4.84. The van der Waals surface area contributed by atoms with Gasteiger partial charge in [0.1, 0.15) is 0 Å². The fourth-order valence-corrected chi connectivity index (χ4v) is 1.83. The average Bonchev–Trinajstić information content (AvgIpc) is 2.62. The molecule has 0 amide bonds. The quantitative estimate of drug-likeness (QED) is 0.755. The van der Waals surface area contributed by atoms with E-state index in [2.05, 4.69) is 29.4 Å². The number of nitrogens with two attached hydrogens (primary N) is 1. The predicted molar refractivity (Wildman–Crippen MR) is 57.9 cm³/mol. The molecule has 0 spiro atoms. The van der Waals surface area contributed by atoms with Crippen molar-refractivity contribution >= 4 is 11.8 Å². The summed E-state index contributed by atoms with van der Waals surface area (Å²) in [4.78, 5) is 0. The fraction of sp³-hybridized carbons (Fsp3) is 0.875. The molecule has 0 aliphatic carbocycles. The maximum absolute atomic E-state index is 5.45. The lowest BCUT2D eigenvalue weighted by Crippen LogP contribution is -2.14. The maximum Gasteiger partial charge on any atom is 0.161 e. The summed E-state index contributed by atoms with van der Waals surface area (Å²) in [6, 6.07) is 0. The topological polar surface area (TPSA) is 69.6 Å². The number of hydrogen-bond acceptors (Lipinski definition) is 5. The second-order valence-corrected chi connectivity index (χ2v) is 4.56. The molecular weight excluding hydrogens is 198 g/mol. The minimum absolute atomic E-state index is 0.575. The van der Waals surface area contributed by atoms with Gasteiger partial charge >= 0.3 is 0 Å². The summed E-state index contributed by atoms with van der Waals surface area (Å²) in [7, 11) is 0. The van der Waals surface area contributed by atoms with Crippen molar-refractivity contribution < 1.29 is 0 Å². The lowest BCUT2D eigenvalue weighted by Gasteiger charge is -2.07. The summed E-state index contributed by atoms with van der Waals surface area (Å²) in [5.41, 5.74) is 5.45. The Hall–Kier alpha value is -0.620. The Morgan fingerprint density at radius 2 is 2.36 bits per heavy atom. The average molecular weight is 215 g/mol. The molecule has 6 heteroatoms. The molecule has 0 radical (unpaired) electrons. The van der Waals surface area contributed by atoms with Crippen LogP contribution in [0, 0.1) is 0 Å². The van der Waals surface area contributed by atoms with E-state index in [1.165, 1.54) is 6.42 Å². The van der Waals surface area contributed by atoms with Crippen molar-refractivity contribution in [1.82, 2.24) is 20.2 Å². The van der Waals surface area contributed by atoms with Crippen LogP contribution in [0.25, 0.3) is 0 Å². The molecule has 0 saturated carbocycles. The van der Waals surface area contributed by atoms with Crippen LogP contribution in [0.4, 0.5) is 0 Å². The molecule has 2 N–H and O–H groups in total. The Morgan fingerprint density at radius 1 is 1.57 bits per heavy atom. The molecular formula is C8H17N5S. The van der Waals surface area contributed by atoms with Gasteiger partial charge in [-0.25, -0.2) is 4.68 Å². The van der Waals surface area contributed by atoms with Gasteiger partial charge in [0, 0.05) is 11.8 Å². The standard InChI is InChI=1S/C8H17N5S/c1-3-7(2)14-6-8-10-11-12-13(8)5-4-9/h7H,3-6,9H2,1-2H3. The lowest BCUT2D eigenvalue weighted by molar-refractivity contribution is 0.582. The zero-order chi connectivity index (χ0) is 10.4. The second-order valence-electron chi connectivity index (χ2n) is 3.14. The largest absolute Gasteiger partial charge is 0.329 e. The Kier molecular flexibility index (Phi) is 4.89. The van der Waals surface area contributed by atoms with Crippen molar-refractivity contribution in [3.05, 3.63) is 5.82 Å². The van der Waals surface area contributed by atoms with Crippen LogP contribution in [0.1, 0.15) is 26.1 Å². The van der Waals surface area contributed by atoms with Crippen LogP contribution in [0.15, 0.2) is 0 Å². The molecule has 0 saturated heterocycles. The van der Waals surface area contributed by atoms with Gasteiger partial charge in [-0.2, -0.15) is 11.8 Å². The van der Waals surface area contributed by atoms with Crippen molar-refractivity contribution in [3.8, 4) is 0 Å². The van der Waals surface area contributed by atoms with Crippen molar-refractivity contribution in [2.45, 2.75) is 37.8 Å². The zero-order valence-electron chi connectivity index (χ0n) is 8.68. The van der Waals surface area contributed by atoms with Crippen LogP contribution in [0.2, 0.25) is 0 Å². The maximum atomic E-state index is 5.45. The summed E-state index contributed by atoms with van der Waals surface area (Å²) in [5, 5.41) is 12.1. The highest BCUT2D eigenvalue weighted by Crippen LogP contribution is 2.17. The van der Waals surface area contributed by atoms with Gasteiger partial charge in [-0.05, 0) is 16.8 Å². The van der Waals surface area contributed by atoms with E-state index in [1.54, 1.807) is 4.68 Å². The Balaban J connectivity index is 2.45. The normalized spacial score (nSPS) is 13.1. The third kappa shape index (κ3) is 3.26. The Bertz CT molecular complexity index is 262. The molecule has 1 aromatic rings. The van der Waals surface area contributed by atoms with Gasteiger partial charge in [0.05, 0.1) is 12.3 Å². The third-order valence-electron chi connectivity index (χ3n) is 2.02. The number of hydrogen-bond donors (Lipinski definition) is 1. The van der Waals surface area contributed by atoms with Crippen molar-refractivity contribution in [2.24, 2.45) is 5.73 Å². The molecule has 0 fully saturated rings. The molecule has 0 aliphatic rings. The summed E-state index contributed by atoms with van der Waals surface area (Å²) in [6.45, 7) is 5.66. The monoisotopic (exact) mass is 215 g/mol. The highest BCUT2D eigenvalue weighted by Gasteiger charge is 2.07. The highest BCUT2D eigenvalue weighted by atomic mass is 32.2. The molecule has 1 rings (SSSR count). The van der Waals surface area contributed by atoms with Crippen LogP contribution in [0.3, 0.4) is 0 Å². The minimum atomic E-state index is 0.575. The summed E-state index contributed by atoms with van der Waals surface area (Å²) < 4.78 is 1.77. The van der Waals surface area contributed by atoms with E-state index in [-0.39, 0.29) is 0 Å². The van der Waals surface area contributed by atoms with Gasteiger partial charge in [-0.3, -0.25) is 0 Å². The molecule has 1 atom stereocenters. The first-order chi connectivity index (χ1) is 6.77. The number of thioether (sulfide) groups is 1.